The Bertz CT molecular complexity index is 140. The minimum absolute atomic E-state index is 0.216. The summed E-state index contributed by atoms with van der Waals surface area (Å²) in [7, 11) is 1.75. The Balaban J connectivity index is 2.21. The maximum absolute atomic E-state index is 5.60. The fourth-order valence-corrected chi connectivity index (χ4v) is 2.11. The molecule has 84 valence electrons. The summed E-state index contributed by atoms with van der Waals surface area (Å²) in [6, 6.07) is 0. The quantitative estimate of drug-likeness (QED) is 0.722. The highest BCUT2D eigenvalue weighted by Crippen LogP contribution is 2.19. The molecule has 2 N–H and O–H groups in total. The van der Waals surface area contributed by atoms with Crippen molar-refractivity contribution in [2.45, 2.75) is 32.3 Å². The molecule has 3 heteroatoms. The zero-order chi connectivity index (χ0) is 10.4. The molecule has 1 rings (SSSR count). The third-order valence-electron chi connectivity index (χ3n) is 3.34. The summed E-state index contributed by atoms with van der Waals surface area (Å²) in [6.07, 6.45) is 4.24. The normalized spacial score (nSPS) is 22.5. The van der Waals surface area contributed by atoms with Crippen molar-refractivity contribution in [1.82, 2.24) is 4.90 Å². The zero-order valence-electron chi connectivity index (χ0n) is 9.54. The van der Waals surface area contributed by atoms with E-state index in [2.05, 4.69) is 11.8 Å². The van der Waals surface area contributed by atoms with Gasteiger partial charge < -0.3 is 15.4 Å². The van der Waals surface area contributed by atoms with E-state index < -0.39 is 0 Å². The maximum Gasteiger partial charge on any atom is 0.0820 e. The molecule has 0 aromatic carbocycles. The Hall–Kier alpha value is -0.120. The molecule has 0 aliphatic carbocycles. The highest BCUT2D eigenvalue weighted by molar-refractivity contribution is 4.74. The van der Waals surface area contributed by atoms with E-state index in [1.54, 1.807) is 7.11 Å². The Morgan fingerprint density at radius 2 is 2.07 bits per heavy atom. The van der Waals surface area contributed by atoms with Crippen molar-refractivity contribution in [3.05, 3.63) is 0 Å². The summed E-state index contributed by atoms with van der Waals surface area (Å²) in [5.74, 6) is 0.949. The highest BCUT2D eigenvalue weighted by atomic mass is 16.5. The summed E-state index contributed by atoms with van der Waals surface area (Å²) in [5, 5.41) is 0. The molecule has 1 atom stereocenters. The maximum atomic E-state index is 5.60. The largest absolute Gasteiger partial charge is 0.379 e. The van der Waals surface area contributed by atoms with Crippen LogP contribution in [0, 0.1) is 5.92 Å². The van der Waals surface area contributed by atoms with Crippen LogP contribution in [0.25, 0.3) is 0 Å². The second-order valence-electron chi connectivity index (χ2n) is 4.25. The van der Waals surface area contributed by atoms with Crippen molar-refractivity contribution in [1.29, 1.82) is 0 Å². The first kappa shape index (κ1) is 12.0. The van der Waals surface area contributed by atoms with Crippen molar-refractivity contribution in [2.75, 3.05) is 33.3 Å². The van der Waals surface area contributed by atoms with Gasteiger partial charge in [-0.05, 0) is 31.8 Å². The van der Waals surface area contributed by atoms with Gasteiger partial charge in [-0.25, -0.2) is 0 Å². The van der Waals surface area contributed by atoms with E-state index in [9.17, 15) is 0 Å². The van der Waals surface area contributed by atoms with E-state index in [0.717, 1.165) is 12.5 Å². The van der Waals surface area contributed by atoms with Gasteiger partial charge in [0.15, 0.2) is 0 Å². The molecule has 14 heavy (non-hydrogen) atoms. The third-order valence-corrected chi connectivity index (χ3v) is 3.34. The number of hydrogen-bond donors (Lipinski definition) is 1. The van der Waals surface area contributed by atoms with Gasteiger partial charge in [-0.1, -0.05) is 13.3 Å². The molecular weight excluding hydrogens is 176 g/mol. The highest BCUT2D eigenvalue weighted by Gasteiger charge is 2.19. The lowest BCUT2D eigenvalue weighted by Gasteiger charge is -2.33. The van der Waals surface area contributed by atoms with E-state index in [4.69, 9.17) is 10.5 Å². The fraction of sp³-hybridized carbons (Fsp3) is 1.00. The molecule has 0 aromatic heterocycles. The van der Waals surface area contributed by atoms with Crippen molar-refractivity contribution in [3.63, 3.8) is 0 Å². The number of nitrogens with two attached hydrogens (primary N) is 1. The Morgan fingerprint density at radius 1 is 1.43 bits per heavy atom. The van der Waals surface area contributed by atoms with Gasteiger partial charge in [-0.2, -0.15) is 0 Å². The van der Waals surface area contributed by atoms with Gasteiger partial charge in [0.1, 0.15) is 0 Å². The van der Waals surface area contributed by atoms with Crippen LogP contribution in [0.4, 0.5) is 0 Å². The number of ether oxygens (including phenoxy) is 1. The van der Waals surface area contributed by atoms with Gasteiger partial charge in [0, 0.05) is 20.2 Å². The van der Waals surface area contributed by atoms with Crippen LogP contribution >= 0.6 is 0 Å². The van der Waals surface area contributed by atoms with Crippen molar-refractivity contribution < 1.29 is 4.74 Å². The number of hydrogen-bond acceptors (Lipinski definition) is 3. The van der Waals surface area contributed by atoms with E-state index in [-0.39, 0.29) is 6.10 Å². The zero-order valence-corrected chi connectivity index (χ0v) is 9.54. The van der Waals surface area contributed by atoms with Crippen molar-refractivity contribution in [2.24, 2.45) is 11.7 Å². The standard InChI is InChI=1S/C11H24N2O/c1-3-10-4-6-13(7-5-10)9-11(8-12)14-2/h10-11H,3-9,12H2,1-2H3. The number of nitrogens with zero attached hydrogens (tertiary/aromatic N) is 1. The van der Waals surface area contributed by atoms with Crippen LogP contribution in [0.5, 0.6) is 0 Å². The summed E-state index contributed by atoms with van der Waals surface area (Å²) >= 11 is 0. The molecule has 0 radical (unpaired) electrons. The Morgan fingerprint density at radius 3 is 2.50 bits per heavy atom. The van der Waals surface area contributed by atoms with Crippen LogP contribution in [0.15, 0.2) is 0 Å². The van der Waals surface area contributed by atoms with Crippen LogP contribution in [-0.2, 0) is 4.74 Å². The van der Waals surface area contributed by atoms with Gasteiger partial charge in [-0.3, -0.25) is 0 Å². The topological polar surface area (TPSA) is 38.5 Å². The first-order valence-corrected chi connectivity index (χ1v) is 5.75. The molecule has 0 amide bonds. The number of likely N-dealkylation sites (tertiary alicyclic amines) is 1. The molecule has 0 bridgehead atoms. The number of rotatable bonds is 5. The van der Waals surface area contributed by atoms with E-state index >= 15 is 0 Å². The molecule has 1 unspecified atom stereocenters. The Kier molecular flexibility index (Phi) is 5.45. The predicted molar refractivity (Wildman–Crippen MR) is 59.3 cm³/mol. The average Bonchev–Trinajstić information content (AvgIpc) is 2.26. The van der Waals surface area contributed by atoms with Crippen molar-refractivity contribution in [3.8, 4) is 0 Å². The summed E-state index contributed by atoms with van der Waals surface area (Å²) in [5.41, 5.74) is 5.60. The minimum atomic E-state index is 0.216. The van der Waals surface area contributed by atoms with Crippen LogP contribution in [0.3, 0.4) is 0 Å². The molecule has 1 aliphatic rings. The first-order chi connectivity index (χ1) is 6.80. The average molecular weight is 200 g/mol. The fourth-order valence-electron chi connectivity index (χ4n) is 2.11. The smallest absolute Gasteiger partial charge is 0.0820 e. The monoisotopic (exact) mass is 200 g/mol. The molecule has 0 saturated carbocycles. The van der Waals surface area contributed by atoms with Crippen LogP contribution in [-0.4, -0.2) is 44.3 Å². The predicted octanol–water partition coefficient (Wildman–Crippen LogP) is 1.08. The van der Waals surface area contributed by atoms with E-state index in [1.165, 1.54) is 32.4 Å². The number of piperidine rings is 1. The molecule has 1 aliphatic heterocycles. The molecule has 0 aromatic rings. The first-order valence-electron chi connectivity index (χ1n) is 5.75. The van der Waals surface area contributed by atoms with Gasteiger partial charge >= 0.3 is 0 Å². The lowest BCUT2D eigenvalue weighted by molar-refractivity contribution is 0.0562. The van der Waals surface area contributed by atoms with Gasteiger partial charge in [0.25, 0.3) is 0 Å². The van der Waals surface area contributed by atoms with Gasteiger partial charge in [0.2, 0.25) is 0 Å². The Labute approximate surface area is 87.6 Å². The second-order valence-corrected chi connectivity index (χ2v) is 4.25. The van der Waals surface area contributed by atoms with Crippen LogP contribution in [0.1, 0.15) is 26.2 Å². The molecule has 1 saturated heterocycles. The minimum Gasteiger partial charge on any atom is -0.379 e. The molecular formula is C11H24N2O. The molecule has 1 heterocycles. The molecule has 1 fully saturated rings. The number of methoxy groups -OCH3 is 1. The van der Waals surface area contributed by atoms with E-state index in [0.29, 0.717) is 6.54 Å². The third kappa shape index (κ3) is 3.56. The van der Waals surface area contributed by atoms with Crippen molar-refractivity contribution >= 4 is 0 Å². The van der Waals surface area contributed by atoms with Gasteiger partial charge in [0.05, 0.1) is 6.10 Å². The second kappa shape index (κ2) is 6.38. The molecule has 0 spiro atoms. The lowest BCUT2D eigenvalue weighted by atomic mass is 9.94. The van der Waals surface area contributed by atoms with Crippen LogP contribution in [0.2, 0.25) is 0 Å². The van der Waals surface area contributed by atoms with Crippen LogP contribution < -0.4 is 5.73 Å². The van der Waals surface area contributed by atoms with Gasteiger partial charge in [-0.15, -0.1) is 0 Å². The molecule has 3 nitrogen and oxygen atoms in total. The summed E-state index contributed by atoms with van der Waals surface area (Å²) in [4.78, 5) is 2.48. The summed E-state index contributed by atoms with van der Waals surface area (Å²) < 4.78 is 5.29. The lowest BCUT2D eigenvalue weighted by Crippen LogP contribution is -2.41. The van der Waals surface area contributed by atoms with E-state index in [1.807, 2.05) is 0 Å². The summed E-state index contributed by atoms with van der Waals surface area (Å²) in [6.45, 7) is 6.36. The SMILES string of the molecule is CCC1CCN(CC(CN)OC)CC1.